The number of fused-ring (bicyclic) bond motifs is 2. The minimum absolute atomic E-state index is 0.0806. The maximum Gasteiger partial charge on any atom is 0.253 e. The highest BCUT2D eigenvalue weighted by Crippen LogP contribution is 2.44. The first-order valence-electron chi connectivity index (χ1n) is 13.7. The predicted octanol–water partition coefficient (Wildman–Crippen LogP) is 6.78. The number of amides is 1. The van der Waals surface area contributed by atoms with Gasteiger partial charge in [-0.05, 0) is 72.8 Å². The summed E-state index contributed by atoms with van der Waals surface area (Å²) in [6.07, 6.45) is 2.85. The molecule has 0 saturated carbocycles. The highest BCUT2D eigenvalue weighted by molar-refractivity contribution is 6.42. The van der Waals surface area contributed by atoms with Crippen molar-refractivity contribution in [3.8, 4) is 11.5 Å². The molecule has 212 valence electrons. The molecule has 1 atom stereocenters. The number of likely N-dealkylation sites (N-methyl/N-ethyl adjacent to an activating group) is 1. The van der Waals surface area contributed by atoms with E-state index in [9.17, 15) is 4.79 Å². The molecule has 0 bridgehead atoms. The van der Waals surface area contributed by atoms with Gasteiger partial charge in [0.15, 0.2) is 11.5 Å². The third-order valence-electron chi connectivity index (χ3n) is 8.36. The van der Waals surface area contributed by atoms with Gasteiger partial charge >= 0.3 is 0 Å². The summed E-state index contributed by atoms with van der Waals surface area (Å²) in [5.74, 6) is 1.12. The average Bonchev–Trinajstić information content (AvgIpc) is 3.34. The van der Waals surface area contributed by atoms with Crippen molar-refractivity contribution >= 4 is 29.1 Å². The molecule has 0 radical (unpaired) electrons. The van der Waals surface area contributed by atoms with E-state index in [0.717, 1.165) is 44.5 Å². The topological polar surface area (TPSA) is 51.2 Å². The Kier molecular flexibility index (Phi) is 8.91. The highest BCUT2D eigenvalue weighted by atomic mass is 35.5. The largest absolute Gasteiger partial charge is 0.493 e. The third-order valence-corrected chi connectivity index (χ3v) is 9.10. The van der Waals surface area contributed by atoms with Crippen LogP contribution >= 0.6 is 23.2 Å². The first-order valence-corrected chi connectivity index (χ1v) is 14.5. The van der Waals surface area contributed by atoms with Crippen molar-refractivity contribution in [1.29, 1.82) is 0 Å². The lowest BCUT2D eigenvalue weighted by Crippen LogP contribution is -2.43. The fourth-order valence-electron chi connectivity index (χ4n) is 6.01. The van der Waals surface area contributed by atoms with Gasteiger partial charge in [-0.1, -0.05) is 53.5 Å². The van der Waals surface area contributed by atoms with Gasteiger partial charge in [-0.15, -0.1) is 0 Å². The molecule has 3 aromatic rings. The second-order valence-electron chi connectivity index (χ2n) is 10.7. The second kappa shape index (κ2) is 12.4. The van der Waals surface area contributed by atoms with Gasteiger partial charge in [0.05, 0.1) is 36.5 Å². The number of hydrogen-bond donors (Lipinski definition) is 0. The van der Waals surface area contributed by atoms with Crippen molar-refractivity contribution in [2.75, 3.05) is 47.4 Å². The molecule has 1 saturated heterocycles. The molecule has 3 aromatic carbocycles. The Morgan fingerprint density at radius 1 is 1.00 bits per heavy atom. The minimum atomic E-state index is -0.151. The van der Waals surface area contributed by atoms with Crippen LogP contribution in [0, 0.1) is 0 Å². The lowest BCUT2D eigenvalue weighted by atomic mass is 9.83. The zero-order valence-corrected chi connectivity index (χ0v) is 24.8. The summed E-state index contributed by atoms with van der Waals surface area (Å²) in [7, 11) is 4.98. The van der Waals surface area contributed by atoms with Gasteiger partial charge in [-0.2, -0.15) is 0 Å². The summed E-state index contributed by atoms with van der Waals surface area (Å²) < 4.78 is 17.1. The lowest BCUT2D eigenvalue weighted by molar-refractivity contribution is -0.0790. The van der Waals surface area contributed by atoms with E-state index >= 15 is 0 Å². The van der Waals surface area contributed by atoms with Crippen molar-refractivity contribution < 1.29 is 19.0 Å². The van der Waals surface area contributed by atoms with Gasteiger partial charge in [0.2, 0.25) is 0 Å². The van der Waals surface area contributed by atoms with Crippen LogP contribution in [0.15, 0.2) is 60.7 Å². The number of hydrogen-bond acceptors (Lipinski definition) is 5. The molecule has 0 aliphatic carbocycles. The molecule has 5 rings (SSSR count). The van der Waals surface area contributed by atoms with E-state index in [1.807, 2.05) is 25.2 Å². The van der Waals surface area contributed by atoms with Crippen LogP contribution in [0.25, 0.3) is 0 Å². The molecule has 8 heteroatoms. The lowest BCUT2D eigenvalue weighted by Gasteiger charge is -2.40. The van der Waals surface area contributed by atoms with Gasteiger partial charge in [0.25, 0.3) is 5.91 Å². The van der Waals surface area contributed by atoms with E-state index in [-0.39, 0.29) is 17.4 Å². The number of likely N-dealkylation sites (tertiary alicyclic amines) is 1. The summed E-state index contributed by atoms with van der Waals surface area (Å²) in [6, 6.07) is 19.6. The monoisotopic (exact) mass is 582 g/mol. The van der Waals surface area contributed by atoms with Crippen LogP contribution in [0.2, 0.25) is 10.0 Å². The number of halogens is 2. The SMILES string of the molecule is COc1ccc(C(=O)N(C)CC(CCN2CCC3(CC2)OCc2ccccc23)c2ccc(Cl)c(Cl)c2)cc1OC. The summed E-state index contributed by atoms with van der Waals surface area (Å²) in [4.78, 5) is 17.7. The first-order chi connectivity index (χ1) is 19.3. The van der Waals surface area contributed by atoms with Crippen LogP contribution in [0.3, 0.4) is 0 Å². The standard InChI is InChI=1S/C32H36Cl2N2O4/c1-35(31(37)23-9-11-29(38-2)30(19-23)39-3)20-24(22-8-10-27(33)28(34)18-22)12-15-36-16-13-32(14-17-36)26-7-5-4-6-25(26)21-40-32/h4-11,18-19,24H,12-17,20-21H2,1-3H3. The van der Waals surface area contributed by atoms with Crippen molar-refractivity contribution in [3.05, 3.63) is 93.0 Å². The fraction of sp³-hybridized carbons (Fsp3) is 0.406. The number of benzene rings is 3. The zero-order chi connectivity index (χ0) is 28.3. The average molecular weight is 584 g/mol. The molecule has 1 amide bonds. The molecule has 1 spiro atoms. The molecular weight excluding hydrogens is 547 g/mol. The highest BCUT2D eigenvalue weighted by Gasteiger charge is 2.42. The zero-order valence-electron chi connectivity index (χ0n) is 23.3. The number of nitrogens with zero attached hydrogens (tertiary/aromatic N) is 2. The van der Waals surface area contributed by atoms with E-state index in [4.69, 9.17) is 37.4 Å². The molecule has 0 N–H and O–H groups in total. The van der Waals surface area contributed by atoms with Crippen molar-refractivity contribution in [2.24, 2.45) is 0 Å². The van der Waals surface area contributed by atoms with Crippen molar-refractivity contribution in [3.63, 3.8) is 0 Å². The van der Waals surface area contributed by atoms with Gasteiger partial charge in [-0.3, -0.25) is 4.79 Å². The maximum atomic E-state index is 13.4. The predicted molar refractivity (Wildman–Crippen MR) is 159 cm³/mol. The molecule has 1 unspecified atom stereocenters. The van der Waals surface area contributed by atoms with Gasteiger partial charge in [-0.25, -0.2) is 0 Å². The van der Waals surface area contributed by atoms with E-state index in [0.29, 0.717) is 40.3 Å². The summed E-state index contributed by atoms with van der Waals surface area (Å²) in [6.45, 7) is 4.11. The van der Waals surface area contributed by atoms with E-state index in [1.54, 1.807) is 37.3 Å². The number of ether oxygens (including phenoxy) is 3. The Labute approximate surface area is 246 Å². The summed E-state index contributed by atoms with van der Waals surface area (Å²) >= 11 is 12.6. The Bertz CT molecular complexity index is 1360. The van der Waals surface area contributed by atoms with E-state index in [1.165, 1.54) is 11.1 Å². The van der Waals surface area contributed by atoms with Crippen LogP contribution in [0.5, 0.6) is 11.5 Å². The molecule has 2 aliphatic heterocycles. The number of rotatable bonds is 9. The molecule has 6 nitrogen and oxygen atoms in total. The second-order valence-corrected chi connectivity index (χ2v) is 11.5. The van der Waals surface area contributed by atoms with Gasteiger partial charge in [0, 0.05) is 38.2 Å². The van der Waals surface area contributed by atoms with Crippen LogP contribution < -0.4 is 9.47 Å². The third kappa shape index (κ3) is 5.96. The van der Waals surface area contributed by atoms with Crippen LogP contribution in [0.4, 0.5) is 0 Å². The number of piperidine rings is 1. The molecule has 40 heavy (non-hydrogen) atoms. The van der Waals surface area contributed by atoms with Gasteiger partial charge < -0.3 is 24.0 Å². The quantitative estimate of drug-likeness (QED) is 0.278. The fourth-order valence-corrected chi connectivity index (χ4v) is 6.31. The maximum absolute atomic E-state index is 13.4. The Morgan fingerprint density at radius 2 is 1.75 bits per heavy atom. The molecule has 2 heterocycles. The first kappa shape index (κ1) is 28.7. The molecule has 1 fully saturated rings. The smallest absolute Gasteiger partial charge is 0.253 e. The van der Waals surface area contributed by atoms with E-state index in [2.05, 4.69) is 29.2 Å². The Balaban J connectivity index is 1.27. The Morgan fingerprint density at radius 3 is 2.48 bits per heavy atom. The minimum Gasteiger partial charge on any atom is -0.493 e. The van der Waals surface area contributed by atoms with Crippen LogP contribution in [-0.4, -0.2) is 63.2 Å². The number of carbonyl (C=O) groups excluding carboxylic acids is 1. The van der Waals surface area contributed by atoms with Crippen LogP contribution in [0.1, 0.15) is 52.2 Å². The molecule has 0 aromatic heterocycles. The number of methoxy groups -OCH3 is 2. The van der Waals surface area contributed by atoms with Gasteiger partial charge in [0.1, 0.15) is 0 Å². The summed E-state index contributed by atoms with van der Waals surface area (Å²) in [5, 5.41) is 1.05. The van der Waals surface area contributed by atoms with Crippen molar-refractivity contribution in [1.82, 2.24) is 9.80 Å². The number of carbonyl (C=O) groups is 1. The molecular formula is C32H36Cl2N2O4. The van der Waals surface area contributed by atoms with E-state index < -0.39 is 0 Å². The Hall–Kier alpha value is -2.77. The normalized spacial score (nSPS) is 16.9. The summed E-state index contributed by atoms with van der Waals surface area (Å²) in [5.41, 5.74) is 4.15. The van der Waals surface area contributed by atoms with Crippen molar-refractivity contribution in [2.45, 2.75) is 37.4 Å². The van der Waals surface area contributed by atoms with Crippen LogP contribution in [-0.2, 0) is 16.9 Å². The molecule has 2 aliphatic rings.